The van der Waals surface area contributed by atoms with Crippen LogP contribution in [0.5, 0.6) is 5.75 Å². The molecule has 0 saturated carbocycles. The lowest BCUT2D eigenvalue weighted by Crippen LogP contribution is -2.35. The molecule has 0 aliphatic rings. The van der Waals surface area contributed by atoms with Crippen molar-refractivity contribution in [2.24, 2.45) is 0 Å². The maximum atomic E-state index is 12.6. The highest BCUT2D eigenvalue weighted by molar-refractivity contribution is 9.11. The number of allylic oxidation sites excluding steroid dienone is 1. The number of amides is 3. The number of hydroxylamine groups is 1. The summed E-state index contributed by atoms with van der Waals surface area (Å²) >= 11 is 6.62. The van der Waals surface area contributed by atoms with E-state index in [1.165, 1.54) is 11.6 Å². The Morgan fingerprint density at radius 2 is 1.85 bits per heavy atom. The second kappa shape index (κ2) is 13.9. The van der Waals surface area contributed by atoms with Crippen LogP contribution in [0.4, 0.5) is 4.79 Å². The lowest BCUT2D eigenvalue weighted by Gasteiger charge is -2.28. The summed E-state index contributed by atoms with van der Waals surface area (Å²) in [6.45, 7) is 2.03. The molecule has 0 unspecified atom stereocenters. The fourth-order valence-corrected chi connectivity index (χ4v) is 4.32. The maximum absolute atomic E-state index is 12.6. The Hall–Kier alpha value is -2.73. The minimum absolute atomic E-state index is 0.157. The molecule has 2 aromatic rings. The minimum atomic E-state index is -1.10. The zero-order valence-electron chi connectivity index (χ0n) is 18.2. The zero-order chi connectivity index (χ0) is 25.1. The molecule has 9 nitrogen and oxygen atoms in total. The topological polar surface area (TPSA) is 134 Å². The van der Waals surface area contributed by atoms with Gasteiger partial charge < -0.3 is 14.6 Å². The predicted octanol–water partition coefficient (Wildman–Crippen LogP) is 4.77. The Balaban J connectivity index is 2.30. The van der Waals surface area contributed by atoms with E-state index in [9.17, 15) is 19.5 Å². The Labute approximate surface area is 213 Å². The summed E-state index contributed by atoms with van der Waals surface area (Å²) in [7, 11) is 0. The van der Waals surface area contributed by atoms with Gasteiger partial charge in [0.05, 0.1) is 10.6 Å². The van der Waals surface area contributed by atoms with Gasteiger partial charge >= 0.3 is 6.09 Å². The molecule has 11 heteroatoms. The van der Waals surface area contributed by atoms with Crippen molar-refractivity contribution in [3.8, 4) is 5.75 Å². The molecule has 0 saturated heterocycles. The largest absolute Gasteiger partial charge is 0.506 e. The van der Waals surface area contributed by atoms with Crippen molar-refractivity contribution in [2.75, 3.05) is 6.61 Å². The van der Waals surface area contributed by atoms with Crippen LogP contribution in [0.3, 0.4) is 0 Å². The highest BCUT2D eigenvalue weighted by Gasteiger charge is 2.31. The molecular weight excluding hydrogens is 576 g/mol. The first kappa shape index (κ1) is 27.5. The van der Waals surface area contributed by atoms with E-state index in [2.05, 4.69) is 37.2 Å². The SMILES string of the molecule is CCO[C@H](CC/C=C/C(=O)NO)[C@H](OC(=O)NC(=O)c1ccccc1)c1cc(Br)cc(Br)c1O. The molecule has 0 fully saturated rings. The maximum Gasteiger partial charge on any atom is 0.414 e. The van der Waals surface area contributed by atoms with Crippen molar-refractivity contribution in [3.05, 3.63) is 74.7 Å². The molecule has 2 atom stereocenters. The van der Waals surface area contributed by atoms with E-state index >= 15 is 0 Å². The quantitative estimate of drug-likeness (QED) is 0.175. The van der Waals surface area contributed by atoms with Gasteiger partial charge in [-0.25, -0.2) is 10.3 Å². The molecule has 0 aliphatic heterocycles. The third kappa shape index (κ3) is 8.24. The van der Waals surface area contributed by atoms with Crippen molar-refractivity contribution in [1.29, 1.82) is 0 Å². The van der Waals surface area contributed by atoms with E-state index < -0.39 is 30.1 Å². The van der Waals surface area contributed by atoms with Crippen LogP contribution in [-0.4, -0.2) is 40.9 Å². The molecule has 0 aliphatic carbocycles. The number of ether oxygens (including phenoxy) is 2. The van der Waals surface area contributed by atoms with Crippen LogP contribution < -0.4 is 10.8 Å². The molecule has 182 valence electrons. The Bertz CT molecular complexity index is 1030. The van der Waals surface area contributed by atoms with E-state index in [0.29, 0.717) is 15.4 Å². The van der Waals surface area contributed by atoms with E-state index in [-0.39, 0.29) is 29.9 Å². The average Bonchev–Trinajstić information content (AvgIpc) is 2.82. The van der Waals surface area contributed by atoms with Gasteiger partial charge in [-0.05, 0) is 60.0 Å². The molecule has 2 rings (SSSR count). The molecule has 4 N–H and O–H groups in total. The van der Waals surface area contributed by atoms with Crippen LogP contribution in [0.2, 0.25) is 0 Å². The molecule has 34 heavy (non-hydrogen) atoms. The first-order valence-electron chi connectivity index (χ1n) is 10.2. The number of imide groups is 1. The summed E-state index contributed by atoms with van der Waals surface area (Å²) in [5.74, 6) is -1.49. The zero-order valence-corrected chi connectivity index (χ0v) is 21.3. The van der Waals surface area contributed by atoms with Gasteiger partial charge in [-0.2, -0.15) is 0 Å². The minimum Gasteiger partial charge on any atom is -0.506 e. The van der Waals surface area contributed by atoms with E-state index in [1.807, 2.05) is 0 Å². The number of hydrogen-bond acceptors (Lipinski definition) is 7. The van der Waals surface area contributed by atoms with E-state index in [0.717, 1.165) is 6.08 Å². The first-order valence-corrected chi connectivity index (χ1v) is 11.8. The van der Waals surface area contributed by atoms with Crippen molar-refractivity contribution >= 4 is 49.8 Å². The molecule has 3 amide bonds. The lowest BCUT2D eigenvalue weighted by atomic mass is 9.99. The highest BCUT2D eigenvalue weighted by atomic mass is 79.9. The van der Waals surface area contributed by atoms with Crippen molar-refractivity contribution in [3.63, 3.8) is 0 Å². The third-order valence-electron chi connectivity index (χ3n) is 4.57. The number of halogens is 2. The van der Waals surface area contributed by atoms with Gasteiger partial charge in [-0.3, -0.25) is 20.1 Å². The predicted molar refractivity (Wildman–Crippen MR) is 130 cm³/mol. The molecule has 0 heterocycles. The fourth-order valence-electron chi connectivity index (χ4n) is 3.07. The van der Waals surface area contributed by atoms with Gasteiger partial charge in [0.25, 0.3) is 11.8 Å². The number of carbonyl (C=O) groups excluding carboxylic acids is 3. The second-order valence-electron chi connectivity index (χ2n) is 6.92. The van der Waals surface area contributed by atoms with Crippen LogP contribution in [0.25, 0.3) is 0 Å². The Morgan fingerprint density at radius 3 is 2.50 bits per heavy atom. The van der Waals surface area contributed by atoms with Crippen LogP contribution in [0.1, 0.15) is 41.8 Å². The van der Waals surface area contributed by atoms with Gasteiger partial charge in [-0.1, -0.05) is 40.2 Å². The smallest absolute Gasteiger partial charge is 0.414 e. The van der Waals surface area contributed by atoms with Crippen molar-refractivity contribution < 1.29 is 34.2 Å². The van der Waals surface area contributed by atoms with E-state index in [4.69, 9.17) is 14.7 Å². The Morgan fingerprint density at radius 1 is 1.15 bits per heavy atom. The number of aromatic hydroxyl groups is 1. The number of phenolic OH excluding ortho intramolecular Hbond substituents is 1. The fraction of sp³-hybridized carbons (Fsp3) is 0.261. The summed E-state index contributed by atoms with van der Waals surface area (Å²) in [6.07, 6.45) is 0.431. The molecule has 2 aromatic carbocycles. The monoisotopic (exact) mass is 598 g/mol. The summed E-state index contributed by atoms with van der Waals surface area (Å²) < 4.78 is 12.4. The van der Waals surface area contributed by atoms with Gasteiger partial charge in [0, 0.05) is 28.3 Å². The van der Waals surface area contributed by atoms with E-state index in [1.54, 1.807) is 49.4 Å². The number of hydrogen-bond donors (Lipinski definition) is 4. The van der Waals surface area contributed by atoms with Crippen molar-refractivity contribution in [2.45, 2.75) is 32.0 Å². The number of benzene rings is 2. The summed E-state index contributed by atoms with van der Waals surface area (Å²) in [4.78, 5) is 36.2. The second-order valence-corrected chi connectivity index (χ2v) is 8.69. The molecule has 0 bridgehead atoms. The number of carbonyl (C=O) groups is 3. The average molecular weight is 600 g/mol. The van der Waals surface area contributed by atoms with Gasteiger partial charge in [0.15, 0.2) is 6.10 Å². The molecule has 0 radical (unpaired) electrons. The number of phenols is 1. The van der Waals surface area contributed by atoms with Gasteiger partial charge in [0.2, 0.25) is 0 Å². The molecular formula is C23H24Br2N2O7. The van der Waals surface area contributed by atoms with Crippen LogP contribution in [-0.2, 0) is 14.3 Å². The highest BCUT2D eigenvalue weighted by Crippen LogP contribution is 2.39. The van der Waals surface area contributed by atoms with Crippen LogP contribution >= 0.6 is 31.9 Å². The third-order valence-corrected chi connectivity index (χ3v) is 5.63. The van der Waals surface area contributed by atoms with Crippen LogP contribution in [0.15, 0.2) is 63.6 Å². The summed E-state index contributed by atoms with van der Waals surface area (Å²) in [5, 5.41) is 21.4. The lowest BCUT2D eigenvalue weighted by molar-refractivity contribution is -0.124. The Kier molecular flexibility index (Phi) is 11.2. The van der Waals surface area contributed by atoms with Crippen molar-refractivity contribution in [1.82, 2.24) is 10.8 Å². The van der Waals surface area contributed by atoms with Gasteiger partial charge in [0.1, 0.15) is 5.75 Å². The summed E-state index contributed by atoms with van der Waals surface area (Å²) in [6, 6.07) is 11.4. The number of rotatable bonds is 10. The number of alkyl carbamates (subject to hydrolysis) is 1. The number of nitrogens with one attached hydrogen (secondary N) is 2. The summed E-state index contributed by atoms with van der Waals surface area (Å²) in [5.41, 5.74) is 2.02. The standard InChI is InChI=1S/C23H24Br2N2O7/c1-2-33-18(10-6-7-11-19(28)27-32)21(16-12-15(24)13-17(25)20(16)29)34-23(31)26-22(30)14-8-4-3-5-9-14/h3-5,7-9,11-13,18,21,29,32H,2,6,10H2,1H3,(H,27,28)(H,26,30,31)/b11-7+/t18-,21-/m1/s1. The normalized spacial score (nSPS) is 12.7. The first-order chi connectivity index (χ1) is 16.3. The molecule has 0 spiro atoms. The molecule has 0 aromatic heterocycles. The van der Waals surface area contributed by atoms with Crippen LogP contribution in [0, 0.1) is 0 Å². The van der Waals surface area contributed by atoms with Gasteiger partial charge in [-0.15, -0.1) is 0 Å².